The standard InChI is InChI=1S/C20H15NO3/c21-17-11-15(23)10-16-18(12-4-2-1-3-5-12)19(24-20(16)17)13-6-8-14(22)9-7-13/h1-11,22-23H,21H2. The van der Waals surface area contributed by atoms with E-state index in [2.05, 4.69) is 0 Å². The van der Waals surface area contributed by atoms with Crippen LogP contribution in [0.1, 0.15) is 0 Å². The first-order valence-electron chi connectivity index (χ1n) is 7.53. The molecule has 1 heterocycles. The molecule has 118 valence electrons. The van der Waals surface area contributed by atoms with Crippen LogP contribution < -0.4 is 5.73 Å². The lowest BCUT2D eigenvalue weighted by Crippen LogP contribution is -1.84. The number of phenols is 2. The van der Waals surface area contributed by atoms with Gasteiger partial charge in [0.05, 0.1) is 5.69 Å². The molecule has 0 aliphatic carbocycles. The fraction of sp³-hybridized carbons (Fsp3) is 0. The summed E-state index contributed by atoms with van der Waals surface area (Å²) in [7, 11) is 0. The van der Waals surface area contributed by atoms with E-state index in [4.69, 9.17) is 10.2 Å². The largest absolute Gasteiger partial charge is 0.508 e. The lowest BCUT2D eigenvalue weighted by atomic mass is 9.98. The topological polar surface area (TPSA) is 79.6 Å². The first-order chi connectivity index (χ1) is 11.6. The molecule has 0 fully saturated rings. The lowest BCUT2D eigenvalue weighted by Gasteiger charge is -2.04. The Hall–Kier alpha value is -3.40. The summed E-state index contributed by atoms with van der Waals surface area (Å²) in [5.41, 5.74) is 9.59. The molecule has 4 heteroatoms. The average molecular weight is 317 g/mol. The van der Waals surface area contributed by atoms with Crippen LogP contribution in [0.3, 0.4) is 0 Å². The molecular weight excluding hydrogens is 302 g/mol. The second-order valence-electron chi connectivity index (χ2n) is 5.63. The number of hydrogen-bond acceptors (Lipinski definition) is 4. The molecule has 4 N–H and O–H groups in total. The summed E-state index contributed by atoms with van der Waals surface area (Å²) in [6.07, 6.45) is 0. The van der Waals surface area contributed by atoms with Crippen molar-refractivity contribution < 1.29 is 14.6 Å². The fourth-order valence-corrected chi connectivity index (χ4v) is 2.92. The highest BCUT2D eigenvalue weighted by molar-refractivity contribution is 6.06. The van der Waals surface area contributed by atoms with Crippen molar-refractivity contribution in [1.82, 2.24) is 0 Å². The number of phenolic OH excluding ortho intramolecular Hbond substituents is 2. The highest BCUT2D eigenvalue weighted by atomic mass is 16.3. The first kappa shape index (κ1) is 14.2. The normalized spacial score (nSPS) is 11.0. The molecule has 0 bridgehead atoms. The SMILES string of the molecule is Nc1cc(O)cc2c(-c3ccccc3)c(-c3ccc(O)cc3)oc12. The molecule has 24 heavy (non-hydrogen) atoms. The molecular formula is C20H15NO3. The molecule has 0 aliphatic heterocycles. The van der Waals surface area contributed by atoms with Crippen molar-refractivity contribution in [3.8, 4) is 33.9 Å². The number of furan rings is 1. The van der Waals surface area contributed by atoms with Crippen molar-refractivity contribution in [3.05, 3.63) is 66.7 Å². The van der Waals surface area contributed by atoms with E-state index in [1.807, 2.05) is 30.3 Å². The molecule has 0 amide bonds. The van der Waals surface area contributed by atoms with Crippen molar-refractivity contribution in [3.63, 3.8) is 0 Å². The van der Waals surface area contributed by atoms with Gasteiger partial charge in [0.15, 0.2) is 5.58 Å². The van der Waals surface area contributed by atoms with Crippen LogP contribution >= 0.6 is 0 Å². The summed E-state index contributed by atoms with van der Waals surface area (Å²) in [5, 5.41) is 20.2. The minimum absolute atomic E-state index is 0.0928. The highest BCUT2D eigenvalue weighted by Crippen LogP contribution is 2.44. The number of anilines is 1. The third-order valence-corrected chi connectivity index (χ3v) is 3.99. The molecule has 3 aromatic carbocycles. The number of hydrogen-bond donors (Lipinski definition) is 3. The molecule has 0 unspecified atom stereocenters. The highest BCUT2D eigenvalue weighted by Gasteiger charge is 2.19. The Kier molecular flexibility index (Phi) is 3.17. The molecule has 0 spiro atoms. The molecule has 0 radical (unpaired) electrons. The molecule has 1 aromatic heterocycles. The molecule has 4 rings (SSSR count). The quantitative estimate of drug-likeness (QED) is 0.466. The van der Waals surface area contributed by atoms with Crippen LogP contribution in [0.4, 0.5) is 5.69 Å². The zero-order valence-electron chi connectivity index (χ0n) is 12.7. The van der Waals surface area contributed by atoms with Crippen molar-refractivity contribution in [1.29, 1.82) is 0 Å². The van der Waals surface area contributed by atoms with E-state index < -0.39 is 0 Å². The molecule has 0 saturated carbocycles. The Labute approximate surface area is 138 Å². The zero-order valence-corrected chi connectivity index (χ0v) is 12.7. The van der Waals surface area contributed by atoms with Gasteiger partial charge in [0, 0.05) is 22.6 Å². The molecule has 0 saturated heterocycles. The summed E-state index contributed by atoms with van der Waals surface area (Å²) in [4.78, 5) is 0. The van der Waals surface area contributed by atoms with E-state index in [-0.39, 0.29) is 11.5 Å². The Balaban J connectivity index is 2.09. The van der Waals surface area contributed by atoms with Crippen molar-refractivity contribution >= 4 is 16.7 Å². The van der Waals surface area contributed by atoms with Crippen LogP contribution in [0, 0.1) is 0 Å². The van der Waals surface area contributed by atoms with Gasteiger partial charge in [-0.05, 0) is 35.9 Å². The number of nitrogen functional groups attached to an aromatic ring is 1. The van der Waals surface area contributed by atoms with Crippen LogP contribution in [-0.4, -0.2) is 10.2 Å². The Morgan fingerprint density at radius 2 is 1.46 bits per heavy atom. The maximum Gasteiger partial charge on any atom is 0.158 e. The van der Waals surface area contributed by atoms with Gasteiger partial charge in [0.2, 0.25) is 0 Å². The minimum Gasteiger partial charge on any atom is -0.508 e. The van der Waals surface area contributed by atoms with Crippen molar-refractivity contribution in [2.45, 2.75) is 0 Å². The number of benzene rings is 3. The lowest BCUT2D eigenvalue weighted by molar-refractivity contribution is 0.475. The third-order valence-electron chi connectivity index (χ3n) is 3.99. The van der Waals surface area contributed by atoms with Crippen molar-refractivity contribution in [2.75, 3.05) is 5.73 Å². The van der Waals surface area contributed by atoms with E-state index >= 15 is 0 Å². The molecule has 4 aromatic rings. The van der Waals surface area contributed by atoms with E-state index in [1.165, 1.54) is 6.07 Å². The van der Waals surface area contributed by atoms with E-state index in [0.717, 1.165) is 22.1 Å². The molecule has 0 atom stereocenters. The van der Waals surface area contributed by atoms with Crippen LogP contribution in [-0.2, 0) is 0 Å². The van der Waals surface area contributed by atoms with Gasteiger partial charge >= 0.3 is 0 Å². The van der Waals surface area contributed by atoms with Gasteiger partial charge in [-0.3, -0.25) is 0 Å². The summed E-state index contributed by atoms with van der Waals surface area (Å²) in [6.45, 7) is 0. The third kappa shape index (κ3) is 2.25. The van der Waals surface area contributed by atoms with Gasteiger partial charge in [-0.2, -0.15) is 0 Å². The Morgan fingerprint density at radius 3 is 2.17 bits per heavy atom. The summed E-state index contributed by atoms with van der Waals surface area (Å²) in [6, 6.07) is 19.7. The second kappa shape index (κ2) is 5.35. The number of nitrogens with two attached hydrogens (primary N) is 1. The van der Waals surface area contributed by atoms with Crippen LogP contribution in [0.15, 0.2) is 71.1 Å². The summed E-state index contributed by atoms with van der Waals surface area (Å²) in [5.74, 6) is 0.928. The van der Waals surface area contributed by atoms with Gasteiger partial charge < -0.3 is 20.4 Å². The van der Waals surface area contributed by atoms with Crippen LogP contribution in [0.2, 0.25) is 0 Å². The van der Waals surface area contributed by atoms with E-state index in [0.29, 0.717) is 17.0 Å². The van der Waals surface area contributed by atoms with Gasteiger partial charge in [-0.25, -0.2) is 0 Å². The smallest absolute Gasteiger partial charge is 0.158 e. The summed E-state index contributed by atoms with van der Waals surface area (Å²) < 4.78 is 6.05. The predicted molar refractivity (Wildman–Crippen MR) is 94.8 cm³/mol. The first-order valence-corrected chi connectivity index (χ1v) is 7.53. The maximum atomic E-state index is 9.94. The average Bonchev–Trinajstić information content (AvgIpc) is 2.96. The molecule has 0 aliphatic rings. The monoisotopic (exact) mass is 317 g/mol. The number of aromatic hydroxyl groups is 2. The van der Waals surface area contributed by atoms with Crippen molar-refractivity contribution in [2.24, 2.45) is 0 Å². The number of rotatable bonds is 2. The van der Waals surface area contributed by atoms with Gasteiger partial charge in [-0.1, -0.05) is 30.3 Å². The van der Waals surface area contributed by atoms with Gasteiger partial charge in [-0.15, -0.1) is 0 Å². The van der Waals surface area contributed by atoms with Gasteiger partial charge in [0.1, 0.15) is 17.3 Å². The fourth-order valence-electron chi connectivity index (χ4n) is 2.92. The predicted octanol–water partition coefficient (Wildman–Crippen LogP) is 4.76. The van der Waals surface area contributed by atoms with Crippen LogP contribution in [0.25, 0.3) is 33.4 Å². The zero-order chi connectivity index (χ0) is 16.7. The van der Waals surface area contributed by atoms with E-state index in [9.17, 15) is 10.2 Å². The maximum absolute atomic E-state index is 9.94. The second-order valence-corrected chi connectivity index (χ2v) is 5.63. The Morgan fingerprint density at radius 1 is 0.750 bits per heavy atom. The van der Waals surface area contributed by atoms with E-state index in [1.54, 1.807) is 30.3 Å². The minimum atomic E-state index is 0.0928. The number of fused-ring (bicyclic) bond motifs is 1. The van der Waals surface area contributed by atoms with Gasteiger partial charge in [0.25, 0.3) is 0 Å². The Bertz CT molecular complexity index is 1020. The summed E-state index contributed by atoms with van der Waals surface area (Å²) >= 11 is 0. The van der Waals surface area contributed by atoms with Crippen LogP contribution in [0.5, 0.6) is 11.5 Å². The molecule has 4 nitrogen and oxygen atoms in total.